The highest BCUT2D eigenvalue weighted by Crippen LogP contribution is 2.17. The topological polar surface area (TPSA) is 69.6 Å². The molecule has 6 heteroatoms. The Hall–Kier alpha value is -0.170. The summed E-state index contributed by atoms with van der Waals surface area (Å²) < 4.78 is 23.1. The summed E-state index contributed by atoms with van der Waals surface area (Å²) in [6, 6.07) is 0. The Labute approximate surface area is 123 Å². The summed E-state index contributed by atoms with van der Waals surface area (Å²) in [6.45, 7) is 7.61. The van der Waals surface area contributed by atoms with E-state index in [1.807, 2.05) is 0 Å². The summed E-state index contributed by atoms with van der Waals surface area (Å²) in [5.74, 6) is 0.621. The molecule has 0 amide bonds. The lowest BCUT2D eigenvalue weighted by atomic mass is 9.91. The highest BCUT2D eigenvalue weighted by atomic mass is 32.2. The molecule has 0 aliphatic carbocycles. The average molecular weight is 306 g/mol. The molecule has 0 aromatic carbocycles. The van der Waals surface area contributed by atoms with Crippen LogP contribution in [0.4, 0.5) is 0 Å². The van der Waals surface area contributed by atoms with Gasteiger partial charge in [0.25, 0.3) is 0 Å². The first-order chi connectivity index (χ1) is 9.47. The molecule has 1 aliphatic heterocycles. The van der Waals surface area contributed by atoms with Gasteiger partial charge >= 0.3 is 0 Å². The second-order valence-electron chi connectivity index (χ2n) is 5.77. The molecule has 1 fully saturated rings. The van der Waals surface area contributed by atoms with Gasteiger partial charge in [0.1, 0.15) is 0 Å². The van der Waals surface area contributed by atoms with Crippen LogP contribution in [0.15, 0.2) is 0 Å². The number of aliphatic hydroxyl groups is 1. The van der Waals surface area contributed by atoms with Gasteiger partial charge in [-0.3, -0.25) is 0 Å². The van der Waals surface area contributed by atoms with Gasteiger partial charge in [0.2, 0.25) is 0 Å². The van der Waals surface area contributed by atoms with Crippen molar-refractivity contribution in [3.05, 3.63) is 0 Å². The molecule has 1 unspecified atom stereocenters. The summed E-state index contributed by atoms with van der Waals surface area (Å²) in [7, 11) is -2.82. The SMILES string of the molecule is CCNC(CC)(CO)CCCN1CCCS(=O)(=O)CC1. The summed E-state index contributed by atoms with van der Waals surface area (Å²) in [6.07, 6.45) is 3.57. The van der Waals surface area contributed by atoms with E-state index in [1.54, 1.807) is 0 Å². The van der Waals surface area contributed by atoms with Gasteiger partial charge in [0.15, 0.2) is 9.84 Å². The minimum Gasteiger partial charge on any atom is -0.394 e. The molecule has 0 aromatic heterocycles. The molecule has 20 heavy (non-hydrogen) atoms. The van der Waals surface area contributed by atoms with Crippen molar-refractivity contribution in [3.63, 3.8) is 0 Å². The fourth-order valence-corrected chi connectivity index (χ4v) is 4.18. The maximum absolute atomic E-state index is 11.6. The zero-order valence-electron chi connectivity index (χ0n) is 12.9. The van der Waals surface area contributed by atoms with Gasteiger partial charge in [-0.25, -0.2) is 8.42 Å². The lowest BCUT2D eigenvalue weighted by Crippen LogP contribution is -2.48. The second-order valence-corrected chi connectivity index (χ2v) is 8.08. The summed E-state index contributed by atoms with van der Waals surface area (Å²) in [4.78, 5) is 2.24. The molecule has 0 spiro atoms. The Balaban J connectivity index is 2.39. The molecular formula is C14H30N2O3S. The van der Waals surface area contributed by atoms with E-state index < -0.39 is 9.84 Å². The Kier molecular flexibility index (Phi) is 7.43. The standard InChI is InChI=1S/C14H30N2O3S/c1-3-14(13-17,15-4-2)7-5-8-16-9-6-11-20(18,19)12-10-16/h15,17H,3-13H2,1-2H3. The first kappa shape index (κ1) is 17.9. The number of hydrogen-bond donors (Lipinski definition) is 2. The fraction of sp³-hybridized carbons (Fsp3) is 1.00. The zero-order chi connectivity index (χ0) is 15.1. The van der Waals surface area contributed by atoms with Crippen molar-refractivity contribution in [2.75, 3.05) is 44.3 Å². The summed E-state index contributed by atoms with van der Waals surface area (Å²) in [5.41, 5.74) is -0.174. The summed E-state index contributed by atoms with van der Waals surface area (Å²) in [5, 5.41) is 13.0. The molecule has 1 atom stereocenters. The maximum Gasteiger partial charge on any atom is 0.151 e. The van der Waals surface area contributed by atoms with Crippen molar-refractivity contribution in [1.29, 1.82) is 0 Å². The van der Waals surface area contributed by atoms with Crippen LogP contribution in [-0.2, 0) is 9.84 Å². The van der Waals surface area contributed by atoms with Crippen LogP contribution in [0, 0.1) is 0 Å². The van der Waals surface area contributed by atoms with Crippen molar-refractivity contribution in [3.8, 4) is 0 Å². The van der Waals surface area contributed by atoms with Crippen molar-refractivity contribution in [1.82, 2.24) is 10.2 Å². The minimum absolute atomic E-state index is 0.158. The van der Waals surface area contributed by atoms with Gasteiger partial charge in [0.05, 0.1) is 18.1 Å². The van der Waals surface area contributed by atoms with Gasteiger partial charge in [0, 0.05) is 12.1 Å². The van der Waals surface area contributed by atoms with Gasteiger partial charge in [-0.1, -0.05) is 13.8 Å². The van der Waals surface area contributed by atoms with Gasteiger partial charge < -0.3 is 15.3 Å². The number of rotatable bonds is 8. The van der Waals surface area contributed by atoms with Crippen LogP contribution < -0.4 is 5.32 Å². The van der Waals surface area contributed by atoms with E-state index >= 15 is 0 Å². The molecule has 0 bridgehead atoms. The van der Waals surface area contributed by atoms with Crippen LogP contribution in [0.5, 0.6) is 0 Å². The largest absolute Gasteiger partial charge is 0.394 e. The van der Waals surface area contributed by atoms with Crippen molar-refractivity contribution in [2.24, 2.45) is 0 Å². The number of nitrogens with one attached hydrogen (secondary N) is 1. The smallest absolute Gasteiger partial charge is 0.151 e. The molecule has 2 N–H and O–H groups in total. The number of aliphatic hydroxyl groups excluding tert-OH is 1. The quantitative estimate of drug-likeness (QED) is 0.689. The van der Waals surface area contributed by atoms with E-state index in [-0.39, 0.29) is 12.1 Å². The average Bonchev–Trinajstić information content (AvgIpc) is 2.59. The molecule has 0 aromatic rings. The fourth-order valence-electron chi connectivity index (χ4n) is 2.87. The van der Waals surface area contributed by atoms with E-state index in [2.05, 4.69) is 24.1 Å². The Morgan fingerprint density at radius 3 is 2.60 bits per heavy atom. The van der Waals surface area contributed by atoms with E-state index in [0.717, 1.165) is 45.3 Å². The first-order valence-electron chi connectivity index (χ1n) is 7.75. The van der Waals surface area contributed by atoms with Crippen LogP contribution in [0.3, 0.4) is 0 Å². The molecule has 120 valence electrons. The number of nitrogens with zero attached hydrogens (tertiary/aromatic N) is 1. The van der Waals surface area contributed by atoms with Crippen LogP contribution in [-0.4, -0.2) is 68.3 Å². The van der Waals surface area contributed by atoms with Crippen LogP contribution >= 0.6 is 0 Å². The third kappa shape index (κ3) is 5.68. The van der Waals surface area contributed by atoms with Gasteiger partial charge in [-0.15, -0.1) is 0 Å². The highest BCUT2D eigenvalue weighted by Gasteiger charge is 2.26. The predicted octanol–water partition coefficient (Wildman–Crippen LogP) is 0.638. The Bertz CT molecular complexity index is 367. The third-order valence-corrected chi connectivity index (χ3v) is 6.02. The van der Waals surface area contributed by atoms with E-state index in [0.29, 0.717) is 18.1 Å². The maximum atomic E-state index is 11.6. The van der Waals surface area contributed by atoms with Crippen LogP contribution in [0.2, 0.25) is 0 Å². The molecule has 5 nitrogen and oxygen atoms in total. The third-order valence-electron chi connectivity index (χ3n) is 4.31. The Morgan fingerprint density at radius 1 is 1.25 bits per heavy atom. The van der Waals surface area contributed by atoms with Crippen molar-refractivity contribution in [2.45, 2.75) is 45.1 Å². The van der Waals surface area contributed by atoms with Crippen LogP contribution in [0.1, 0.15) is 39.5 Å². The number of likely N-dealkylation sites (N-methyl/N-ethyl adjacent to an activating group) is 1. The predicted molar refractivity (Wildman–Crippen MR) is 82.7 cm³/mol. The van der Waals surface area contributed by atoms with Gasteiger partial charge in [-0.2, -0.15) is 0 Å². The molecule has 0 radical (unpaired) electrons. The highest BCUT2D eigenvalue weighted by molar-refractivity contribution is 7.91. The number of sulfone groups is 1. The minimum atomic E-state index is -2.82. The second kappa shape index (κ2) is 8.32. The van der Waals surface area contributed by atoms with Crippen LogP contribution in [0.25, 0.3) is 0 Å². The monoisotopic (exact) mass is 306 g/mol. The molecule has 0 saturated carbocycles. The zero-order valence-corrected chi connectivity index (χ0v) is 13.7. The van der Waals surface area contributed by atoms with Crippen molar-refractivity contribution >= 4 is 9.84 Å². The van der Waals surface area contributed by atoms with E-state index in [1.165, 1.54) is 0 Å². The lowest BCUT2D eigenvalue weighted by molar-refractivity contribution is 0.140. The molecular weight excluding hydrogens is 276 g/mol. The molecule has 1 aliphatic rings. The first-order valence-corrected chi connectivity index (χ1v) is 9.58. The Morgan fingerprint density at radius 2 is 2.00 bits per heavy atom. The molecule has 1 rings (SSSR count). The molecule has 1 heterocycles. The lowest BCUT2D eigenvalue weighted by Gasteiger charge is -2.32. The van der Waals surface area contributed by atoms with E-state index in [9.17, 15) is 13.5 Å². The summed E-state index contributed by atoms with van der Waals surface area (Å²) >= 11 is 0. The van der Waals surface area contributed by atoms with E-state index in [4.69, 9.17) is 0 Å². The number of hydrogen-bond acceptors (Lipinski definition) is 5. The molecule has 1 saturated heterocycles. The normalized spacial score (nSPS) is 23.1. The van der Waals surface area contributed by atoms with Crippen molar-refractivity contribution < 1.29 is 13.5 Å². The van der Waals surface area contributed by atoms with Gasteiger partial charge in [-0.05, 0) is 45.3 Å².